The molecule has 0 aliphatic heterocycles. The van der Waals surface area contributed by atoms with E-state index in [1.165, 1.54) is 91.1 Å². The summed E-state index contributed by atoms with van der Waals surface area (Å²) in [4.78, 5) is 0. The van der Waals surface area contributed by atoms with Crippen LogP contribution in [0.5, 0.6) is 0 Å². The van der Waals surface area contributed by atoms with E-state index in [4.69, 9.17) is 0 Å². The zero-order valence-electron chi connectivity index (χ0n) is 44.9. The van der Waals surface area contributed by atoms with E-state index in [0.717, 1.165) is 0 Å². The van der Waals surface area contributed by atoms with E-state index in [0.29, 0.717) is 56.9 Å². The monoisotopic (exact) mass is 973 g/mol. The lowest BCUT2D eigenvalue weighted by Gasteiger charge is -2.44. The topological polar surface area (TPSA) is 8.82 Å². The lowest BCUT2D eigenvalue weighted by atomic mass is 9.63. The summed E-state index contributed by atoms with van der Waals surface area (Å²) in [5.74, 6) is 1.84. The van der Waals surface area contributed by atoms with Gasteiger partial charge in [-0.05, 0) is 128 Å². The molecule has 0 radical (unpaired) electrons. The third-order valence-electron chi connectivity index (χ3n) is 21.5. The van der Waals surface area contributed by atoms with Crippen LogP contribution in [0.25, 0.3) is 76.2 Å². The summed E-state index contributed by atoms with van der Waals surface area (Å²) in [6.07, 6.45) is 4.99. The standard InChI is InChI=1S/C68H72N2Si2/c1-35(2)71(36(3)4,37(5)6)41-29-55-53-33-62-54(34-61(53)69-59-27-25-51-47-21-23-49(45-19-15-13-17-43(45)47)63(51)65(59)57(31-41)67(55)69)56-30-42(72(38(7)8,39(9)10)40(11)12)32-58-66-60(70(62)68(56)58)28-26-52-48-22-24-50(64(52)66)46-20-16-14-18-44(46)48/h13-20,25-40,47-50H,21-24H2,1-12H3. The van der Waals surface area contributed by atoms with Gasteiger partial charge in [-0.1, -0.05) is 178 Å². The summed E-state index contributed by atoms with van der Waals surface area (Å²) in [6, 6.07) is 45.7. The van der Waals surface area contributed by atoms with Crippen LogP contribution in [-0.4, -0.2) is 24.9 Å². The molecule has 4 atom stereocenters. The fourth-order valence-electron chi connectivity index (χ4n) is 19.5. The van der Waals surface area contributed by atoms with Crippen molar-refractivity contribution in [3.63, 3.8) is 0 Å². The molecule has 2 nitrogen and oxygen atoms in total. The molecule has 4 unspecified atom stereocenters. The van der Waals surface area contributed by atoms with E-state index in [9.17, 15) is 0 Å². The van der Waals surface area contributed by atoms with Crippen LogP contribution in [0.3, 0.4) is 0 Å². The predicted molar refractivity (Wildman–Crippen MR) is 316 cm³/mol. The molecular formula is C68H72N2Si2. The summed E-state index contributed by atoms with van der Waals surface area (Å²) in [5, 5.41) is 15.2. The highest BCUT2D eigenvalue weighted by Gasteiger charge is 2.48. The Morgan fingerprint density at radius 3 is 1.00 bits per heavy atom. The molecule has 6 aliphatic carbocycles. The summed E-state index contributed by atoms with van der Waals surface area (Å²) in [5.41, 5.74) is 24.9. The van der Waals surface area contributed by atoms with Crippen molar-refractivity contribution in [1.82, 2.24) is 8.80 Å². The quantitative estimate of drug-likeness (QED) is 0.134. The first-order valence-corrected chi connectivity index (χ1v) is 32.8. The van der Waals surface area contributed by atoms with E-state index >= 15 is 0 Å². The van der Waals surface area contributed by atoms with Crippen molar-refractivity contribution in [3.05, 3.63) is 154 Å². The largest absolute Gasteiger partial charge is 0.308 e. The zero-order valence-corrected chi connectivity index (χ0v) is 46.9. The Morgan fingerprint density at radius 1 is 0.333 bits per heavy atom. The second kappa shape index (κ2) is 14.7. The molecular weight excluding hydrogens is 901 g/mol. The minimum atomic E-state index is -2.08. The number of hydrogen-bond acceptors (Lipinski definition) is 0. The van der Waals surface area contributed by atoms with Gasteiger partial charge in [-0.25, -0.2) is 0 Å². The van der Waals surface area contributed by atoms with Gasteiger partial charge >= 0.3 is 0 Å². The van der Waals surface area contributed by atoms with Crippen LogP contribution in [0.2, 0.25) is 33.2 Å². The first-order valence-electron chi connectivity index (χ1n) is 28.4. The van der Waals surface area contributed by atoms with Crippen LogP contribution in [0.15, 0.2) is 109 Å². The Hall–Kier alpha value is -5.43. The van der Waals surface area contributed by atoms with E-state index in [1.807, 2.05) is 0 Å². The van der Waals surface area contributed by atoms with Gasteiger partial charge in [-0.15, -0.1) is 0 Å². The smallest absolute Gasteiger partial charge is 0.0943 e. The molecule has 4 bridgehead atoms. The molecule has 6 aliphatic rings. The first kappa shape index (κ1) is 44.1. The van der Waals surface area contributed by atoms with Crippen LogP contribution in [0.1, 0.15) is 177 Å². The average molecular weight is 974 g/mol. The predicted octanol–water partition coefficient (Wildman–Crippen LogP) is 18.5. The van der Waals surface area contributed by atoms with Gasteiger partial charge in [-0.2, -0.15) is 0 Å². The minimum absolute atomic E-state index is 0.439. The number of aromatic nitrogens is 2. The maximum absolute atomic E-state index is 2.78. The molecule has 7 aromatic carbocycles. The van der Waals surface area contributed by atoms with Gasteiger partial charge in [0.25, 0.3) is 0 Å². The van der Waals surface area contributed by atoms with Crippen molar-refractivity contribution < 1.29 is 0 Å². The second-order valence-electron chi connectivity index (χ2n) is 25.7. The lowest BCUT2D eigenvalue weighted by molar-refractivity contribution is 0.523. The van der Waals surface area contributed by atoms with Gasteiger partial charge < -0.3 is 8.80 Å². The number of benzene rings is 7. The Labute approximate surface area is 428 Å². The van der Waals surface area contributed by atoms with Gasteiger partial charge in [0, 0.05) is 66.8 Å². The minimum Gasteiger partial charge on any atom is -0.308 e. The van der Waals surface area contributed by atoms with Crippen molar-refractivity contribution in [2.45, 2.75) is 166 Å². The van der Waals surface area contributed by atoms with Crippen molar-refractivity contribution in [2.75, 3.05) is 0 Å². The van der Waals surface area contributed by atoms with Crippen molar-refractivity contribution in [3.8, 4) is 0 Å². The number of rotatable bonds is 8. The SMILES string of the molecule is CC(C)[Si](c1cc2c3cc4c(cc3n3c5ccc6c(c5c(c1)c23)C1CCC6c2ccccc21)c1cc([Si](C(C)C)(C(C)C)C(C)C)cc2c3c5c(ccc3n4c12)C1CCC5c2ccccc21)(C(C)C)C(C)C. The van der Waals surface area contributed by atoms with Gasteiger partial charge in [-0.3, -0.25) is 0 Å². The highest BCUT2D eigenvalue weighted by atomic mass is 28.3. The van der Waals surface area contributed by atoms with E-state index in [1.54, 1.807) is 65.7 Å². The first-order chi connectivity index (χ1) is 34.7. The summed E-state index contributed by atoms with van der Waals surface area (Å²) in [7, 11) is -4.17. The Morgan fingerprint density at radius 2 is 0.653 bits per heavy atom. The Bertz CT molecular complexity index is 3810. The van der Waals surface area contributed by atoms with Crippen LogP contribution < -0.4 is 10.4 Å². The van der Waals surface area contributed by atoms with Crippen molar-refractivity contribution >= 4 is 103 Å². The molecule has 0 N–H and O–H groups in total. The summed E-state index contributed by atoms with van der Waals surface area (Å²) in [6.45, 7) is 30.7. The zero-order chi connectivity index (χ0) is 49.3. The maximum atomic E-state index is 2.78. The molecule has 362 valence electrons. The number of fused-ring (bicyclic) bond motifs is 14. The van der Waals surface area contributed by atoms with Crippen LogP contribution in [0, 0.1) is 0 Å². The van der Waals surface area contributed by atoms with Gasteiger partial charge in [0.1, 0.15) is 0 Å². The molecule has 72 heavy (non-hydrogen) atoms. The van der Waals surface area contributed by atoms with Crippen LogP contribution in [0.4, 0.5) is 0 Å². The third-order valence-corrected chi connectivity index (χ3v) is 35.6. The summed E-state index contributed by atoms with van der Waals surface area (Å²) >= 11 is 0. The normalized spacial score (nSPS) is 19.9. The van der Waals surface area contributed by atoms with Gasteiger partial charge in [0.15, 0.2) is 0 Å². The second-order valence-corrected chi connectivity index (χ2v) is 37.6. The molecule has 0 saturated carbocycles. The molecule has 17 rings (SSSR count). The molecule has 11 aromatic rings. The molecule has 4 heterocycles. The van der Waals surface area contributed by atoms with E-state index < -0.39 is 16.1 Å². The van der Waals surface area contributed by atoms with Gasteiger partial charge in [0.05, 0.1) is 49.2 Å². The fourth-order valence-corrected chi connectivity index (χ4v) is 33.1. The van der Waals surface area contributed by atoms with Crippen molar-refractivity contribution in [1.29, 1.82) is 0 Å². The summed E-state index contributed by atoms with van der Waals surface area (Å²) < 4.78 is 5.54. The van der Waals surface area contributed by atoms with E-state index in [2.05, 4.69) is 201 Å². The molecule has 4 heteroatoms. The lowest BCUT2D eigenvalue weighted by Crippen LogP contribution is -2.55. The van der Waals surface area contributed by atoms with Gasteiger partial charge in [0.2, 0.25) is 0 Å². The average Bonchev–Trinajstić information content (AvgIpc) is 4.09. The van der Waals surface area contributed by atoms with Crippen LogP contribution in [-0.2, 0) is 0 Å². The molecule has 4 aromatic heterocycles. The number of hydrogen-bond donors (Lipinski definition) is 0. The fraction of sp³-hybridized carbons (Fsp3) is 0.382. The number of nitrogens with zero attached hydrogens (tertiary/aromatic N) is 2. The van der Waals surface area contributed by atoms with Crippen LogP contribution >= 0.6 is 0 Å². The molecule has 0 amide bonds. The Balaban J connectivity index is 1.12. The third kappa shape index (κ3) is 5.00. The highest BCUT2D eigenvalue weighted by molar-refractivity contribution is 6.96. The van der Waals surface area contributed by atoms with E-state index in [-0.39, 0.29) is 0 Å². The maximum Gasteiger partial charge on any atom is 0.0943 e. The van der Waals surface area contributed by atoms with Crippen molar-refractivity contribution in [2.24, 2.45) is 0 Å². The Kier molecular flexibility index (Phi) is 8.98. The molecule has 0 spiro atoms. The molecule has 0 saturated heterocycles. The molecule has 0 fully saturated rings. The highest BCUT2D eigenvalue weighted by Crippen LogP contribution is 2.59.